The van der Waals surface area contributed by atoms with Gasteiger partial charge in [-0.2, -0.15) is 45.3 Å². The Hall–Kier alpha value is -8.16. The van der Waals surface area contributed by atoms with Crippen LogP contribution in [0.25, 0.3) is 22.0 Å². The minimum Gasteiger partial charge on any atom is -0.481 e. The lowest BCUT2D eigenvalue weighted by Gasteiger charge is -2.31. The molecule has 0 spiro atoms. The van der Waals surface area contributed by atoms with Crippen molar-refractivity contribution in [2.24, 2.45) is 5.92 Å². The van der Waals surface area contributed by atoms with Crippen molar-refractivity contribution in [2.45, 2.75) is 172 Å². The molecule has 37 heteroatoms. The summed E-state index contributed by atoms with van der Waals surface area (Å²) in [4.78, 5) is 70.4. The van der Waals surface area contributed by atoms with Gasteiger partial charge >= 0.3 is 32.1 Å². The summed E-state index contributed by atoms with van der Waals surface area (Å²) >= 11 is 6.78. The molecule has 1 saturated carbocycles. The second kappa shape index (κ2) is 28.3. The number of sulfone groups is 1. The molecule has 2 aliphatic rings. The number of phosphoric acid groups is 1. The number of benzene rings is 3. The third-order valence-electron chi connectivity index (χ3n) is 15.9. The number of hydrogen-bond acceptors (Lipinski definition) is 16. The number of nitrogens with one attached hydrogen (secondary N) is 3. The van der Waals surface area contributed by atoms with Crippen LogP contribution in [0, 0.1) is 36.3 Å². The van der Waals surface area contributed by atoms with Gasteiger partial charge in [-0.1, -0.05) is 43.5 Å². The Morgan fingerprint density at radius 1 is 0.840 bits per heavy atom. The smallest absolute Gasteiger partial charge is 0.481 e. The van der Waals surface area contributed by atoms with Gasteiger partial charge in [0.2, 0.25) is 27.7 Å². The van der Waals surface area contributed by atoms with E-state index in [0.29, 0.717) is 11.6 Å². The maximum atomic E-state index is 15.8. The largest absolute Gasteiger partial charge is 0.530 e. The molecule has 0 radical (unpaired) electrons. The number of alkyl halides is 8. The Morgan fingerprint density at radius 3 is 2.03 bits per heavy atom. The van der Waals surface area contributed by atoms with Crippen LogP contribution in [0.2, 0.25) is 5.02 Å². The van der Waals surface area contributed by atoms with Crippen molar-refractivity contribution in [3.05, 3.63) is 128 Å². The third-order valence-corrected chi connectivity index (χ3v) is 21.1. The molecule has 100 heavy (non-hydrogen) atoms. The summed E-state index contributed by atoms with van der Waals surface area (Å²) in [7, 11) is -13.8. The SMILES string of the molecule is Cc1cc(CC(=O)N[C@H](CC(=O)O)C(=O)O)c(C(C)(C)CC(=O)NS(=O)(=O)Cc2nn(CC(F)(F)F)c3c(-c4ccc(C#CC(C)(C)S(C)(=O)=O)nc4[C@H](Cc4cc(F)cc(F)c4)NC(=O)Cn4nc(C(F)(F)F)c5c4C(F)(F)[C@@H]4C[C@H]54)ccc(Cl)c23)c(OP(=O)(OC(C)C)OC(C)C)c1. The first-order valence-electron chi connectivity index (χ1n) is 30.2. The maximum absolute atomic E-state index is 15.8. The zero-order chi connectivity index (χ0) is 74.7. The molecule has 3 aromatic carbocycles. The van der Waals surface area contributed by atoms with Crippen molar-refractivity contribution in [3.8, 4) is 28.7 Å². The van der Waals surface area contributed by atoms with E-state index in [1.165, 1.54) is 74.4 Å². The number of carboxylic acid groups (broad SMARTS) is 2. The summed E-state index contributed by atoms with van der Waals surface area (Å²) in [5.74, 6) is -12.9. The van der Waals surface area contributed by atoms with Gasteiger partial charge in [0.05, 0.1) is 53.0 Å². The number of carbonyl (C=O) groups is 5. The van der Waals surface area contributed by atoms with Gasteiger partial charge in [-0.05, 0) is 126 Å². The molecule has 1 fully saturated rings. The highest BCUT2D eigenvalue weighted by Crippen LogP contribution is 2.68. The summed E-state index contributed by atoms with van der Waals surface area (Å²) < 4.78 is 236. The Bertz CT molecular complexity index is 4610. The zero-order valence-electron chi connectivity index (χ0n) is 54.7. The van der Waals surface area contributed by atoms with E-state index in [9.17, 15) is 81.9 Å². The number of rotatable bonds is 27. The molecule has 5 N–H and O–H groups in total. The van der Waals surface area contributed by atoms with Gasteiger partial charge in [0, 0.05) is 57.7 Å². The van der Waals surface area contributed by atoms with Crippen molar-refractivity contribution in [2.75, 3.05) is 6.26 Å². The monoisotopic (exact) mass is 1490 g/mol. The number of halogens is 11. The van der Waals surface area contributed by atoms with E-state index in [1.54, 1.807) is 0 Å². The lowest BCUT2D eigenvalue weighted by Crippen LogP contribution is -2.43. The molecule has 3 amide bonds. The van der Waals surface area contributed by atoms with E-state index < -0.39 is 228 Å². The van der Waals surface area contributed by atoms with Crippen LogP contribution >= 0.6 is 19.4 Å². The molecule has 3 aromatic heterocycles. The van der Waals surface area contributed by atoms with Crippen molar-refractivity contribution >= 4 is 79.8 Å². The van der Waals surface area contributed by atoms with E-state index in [1.807, 2.05) is 4.72 Å². The first-order valence-corrected chi connectivity index (χ1v) is 35.6. The Kier molecular flexibility index (Phi) is 22.0. The fourth-order valence-corrected chi connectivity index (χ4v) is 14.8. The predicted molar refractivity (Wildman–Crippen MR) is 339 cm³/mol. The molecule has 0 unspecified atom stereocenters. The molecule has 542 valence electrons. The average Bonchev–Trinajstić information content (AvgIpc) is 1.52. The molecule has 2 aliphatic carbocycles. The summed E-state index contributed by atoms with van der Waals surface area (Å²) in [6.45, 7) is 9.21. The van der Waals surface area contributed by atoms with Crippen LogP contribution in [-0.4, -0.2) is 117 Å². The van der Waals surface area contributed by atoms with Gasteiger partial charge in [-0.25, -0.2) is 40.0 Å². The molecule has 3 heterocycles. The van der Waals surface area contributed by atoms with Crippen molar-refractivity contribution in [3.63, 3.8) is 0 Å². The fourth-order valence-electron chi connectivity index (χ4n) is 11.7. The quantitative estimate of drug-likeness (QED) is 0.0182. The van der Waals surface area contributed by atoms with E-state index >= 15 is 17.6 Å². The standard InChI is InChI=1S/C63H66ClF10N8O15PS2/c1-30(2)95-98(90,96-31(3)4)97-46-18-32(5)17-34(22-47(83)77-44(58(88)89)25-50(86)87)53(46)59(6,7)26-48(84)80-100(93,94)28-45-52-42(64)14-13-39(55(52)82(78-45)29-61(67,68)69)38-12-11-37(15-16-60(8,9)99(10,91)92)75-54(38)43(21-33-19-35(65)23-36(66)20-33)76-49(85)27-81-57-51(56(79-81)63(72,73)74)40-24-41(40)62(57,70)71/h11-14,17-20,23,30-31,40-41,43-44H,21-22,24-29H2,1-10H3,(H,76,85)(H,77,83)(H,80,84)(H,86,87)(H,88,89)/t40-,41+,43-,44+/m0/s1. The Morgan fingerprint density at radius 2 is 1.46 bits per heavy atom. The Labute approximate surface area is 570 Å². The number of pyridine rings is 1. The Balaban J connectivity index is 1.24. The normalized spacial score (nSPS) is 16.1. The van der Waals surface area contributed by atoms with Crippen LogP contribution in [0.1, 0.15) is 143 Å². The second-order valence-corrected chi connectivity index (χ2v) is 32.1. The topological polar surface area (TPSA) is 323 Å². The molecule has 6 aromatic rings. The maximum Gasteiger partial charge on any atom is 0.530 e. The number of sulfonamides is 1. The third kappa shape index (κ3) is 18.1. The minimum absolute atomic E-state index is 0.0581. The molecule has 0 aliphatic heterocycles. The van der Waals surface area contributed by atoms with E-state index in [4.69, 9.17) is 25.2 Å². The summed E-state index contributed by atoms with van der Waals surface area (Å²) in [6, 6.07) is 5.29. The number of carboxylic acids is 2. The summed E-state index contributed by atoms with van der Waals surface area (Å²) in [6.07, 6.45) is -15.1. The van der Waals surface area contributed by atoms with E-state index in [2.05, 4.69) is 37.7 Å². The van der Waals surface area contributed by atoms with Crippen LogP contribution in [0.5, 0.6) is 5.75 Å². The fraction of sp³-hybridized carbons (Fsp3) is 0.460. The van der Waals surface area contributed by atoms with Crippen LogP contribution in [-0.2, 0) is 107 Å². The lowest BCUT2D eigenvalue weighted by atomic mass is 9.77. The van der Waals surface area contributed by atoms with E-state index in [0.717, 1.165) is 42.7 Å². The van der Waals surface area contributed by atoms with Gasteiger partial charge in [-0.3, -0.25) is 42.3 Å². The summed E-state index contributed by atoms with van der Waals surface area (Å²) in [5, 5.41) is 30.0. The zero-order valence-corrected chi connectivity index (χ0v) is 58.0. The van der Waals surface area contributed by atoms with Gasteiger partial charge < -0.3 is 25.4 Å². The number of fused-ring (bicyclic) bond motifs is 4. The second-order valence-electron chi connectivity index (χ2n) is 25.9. The van der Waals surface area contributed by atoms with Gasteiger partial charge in [0.15, 0.2) is 15.5 Å². The van der Waals surface area contributed by atoms with Crippen LogP contribution < -0.4 is 19.9 Å². The molecule has 23 nitrogen and oxygen atoms in total. The number of hydrogen-bond donors (Lipinski definition) is 5. The van der Waals surface area contributed by atoms with Crippen LogP contribution in [0.4, 0.5) is 43.9 Å². The molecule has 4 atom stereocenters. The number of carbonyl (C=O) groups excluding carboxylic acids is 3. The number of aliphatic carboxylic acids is 2. The summed E-state index contributed by atoms with van der Waals surface area (Å²) in [5.41, 5.74) is -8.65. The average molecular weight is 1500 g/mol. The number of aromatic nitrogens is 5. The predicted octanol–water partition coefficient (Wildman–Crippen LogP) is 10.8. The highest BCUT2D eigenvalue weighted by Gasteiger charge is 2.68. The van der Waals surface area contributed by atoms with Crippen molar-refractivity contribution < 1.29 is 113 Å². The van der Waals surface area contributed by atoms with Crippen molar-refractivity contribution in [1.82, 2.24) is 39.9 Å². The molecular formula is C63H66ClF10N8O15PS2. The molecule has 0 saturated heterocycles. The number of aryl methyl sites for hydroxylation is 1. The number of nitrogens with zero attached hydrogens (tertiary/aromatic N) is 5. The van der Waals surface area contributed by atoms with Gasteiger partial charge in [0.25, 0.3) is 5.92 Å². The lowest BCUT2D eigenvalue weighted by molar-refractivity contribution is -0.147. The van der Waals surface area contributed by atoms with Crippen molar-refractivity contribution in [1.29, 1.82) is 0 Å². The molecule has 8 rings (SSSR count). The van der Waals surface area contributed by atoms with Crippen LogP contribution in [0.3, 0.4) is 0 Å². The first kappa shape index (κ1) is 77.6. The first-order chi connectivity index (χ1) is 45.9. The van der Waals surface area contributed by atoms with E-state index in [-0.39, 0.29) is 49.5 Å². The van der Waals surface area contributed by atoms with Crippen LogP contribution in [0.15, 0.2) is 54.6 Å². The highest BCUT2D eigenvalue weighted by atomic mass is 35.5. The number of phosphoric ester groups is 1. The molecule has 0 bridgehead atoms. The minimum atomic E-state index is -5.28. The number of amides is 3. The highest BCUT2D eigenvalue weighted by molar-refractivity contribution is 7.92. The molecular weight excluding hydrogens is 1430 g/mol. The van der Waals surface area contributed by atoms with Gasteiger partial charge in [-0.15, -0.1) is 0 Å². The van der Waals surface area contributed by atoms with Gasteiger partial charge in [0.1, 0.15) is 58.4 Å².